The molecular formula is C13H18N2O2. The molecule has 0 aliphatic carbocycles. The van der Waals surface area contributed by atoms with Crippen LogP contribution in [0.3, 0.4) is 0 Å². The van der Waals surface area contributed by atoms with E-state index in [1.807, 2.05) is 27.7 Å². The first-order valence-electron chi connectivity index (χ1n) is 5.45. The highest BCUT2D eigenvalue weighted by Gasteiger charge is 2.15. The summed E-state index contributed by atoms with van der Waals surface area (Å²) in [6.07, 6.45) is 0. The first kappa shape index (κ1) is 13.2. The Balaban J connectivity index is 2.79. The van der Waals surface area contributed by atoms with Gasteiger partial charge < -0.3 is 5.11 Å². The number of carbonyl (C=O) groups is 1. The zero-order valence-electron chi connectivity index (χ0n) is 10.6. The summed E-state index contributed by atoms with van der Waals surface area (Å²) >= 11 is 0. The van der Waals surface area contributed by atoms with E-state index in [0.717, 1.165) is 5.71 Å². The second-order valence-corrected chi connectivity index (χ2v) is 4.91. The minimum absolute atomic E-state index is 0.0476. The van der Waals surface area contributed by atoms with Crippen LogP contribution in [0, 0.1) is 5.41 Å². The van der Waals surface area contributed by atoms with Crippen LogP contribution >= 0.6 is 0 Å². The number of benzene rings is 1. The molecule has 92 valence electrons. The smallest absolute Gasteiger partial charge is 0.275 e. The molecule has 0 radical (unpaired) electrons. The number of phenolic OH excluding ortho intramolecular Hbond substituents is 1. The average Bonchev–Trinajstić information content (AvgIpc) is 2.24. The zero-order chi connectivity index (χ0) is 13.1. The maximum Gasteiger partial charge on any atom is 0.275 e. The quantitative estimate of drug-likeness (QED) is 0.610. The largest absolute Gasteiger partial charge is 0.507 e. The highest BCUT2D eigenvalue weighted by molar-refractivity contribution is 5.97. The zero-order valence-corrected chi connectivity index (χ0v) is 10.6. The van der Waals surface area contributed by atoms with Gasteiger partial charge in [-0.25, -0.2) is 5.43 Å². The Labute approximate surface area is 101 Å². The number of hydrogen-bond donors (Lipinski definition) is 2. The number of phenols is 1. The van der Waals surface area contributed by atoms with Gasteiger partial charge in [0.25, 0.3) is 5.91 Å². The minimum atomic E-state index is -0.410. The number of nitrogens with zero attached hydrogens (tertiary/aromatic N) is 1. The van der Waals surface area contributed by atoms with Gasteiger partial charge >= 0.3 is 0 Å². The van der Waals surface area contributed by atoms with E-state index in [1.54, 1.807) is 18.2 Å². The lowest BCUT2D eigenvalue weighted by Crippen LogP contribution is -2.24. The van der Waals surface area contributed by atoms with Gasteiger partial charge in [-0.2, -0.15) is 5.10 Å². The Morgan fingerprint density at radius 2 is 1.88 bits per heavy atom. The average molecular weight is 234 g/mol. The van der Waals surface area contributed by atoms with Crippen molar-refractivity contribution in [2.75, 3.05) is 0 Å². The van der Waals surface area contributed by atoms with Crippen molar-refractivity contribution in [2.24, 2.45) is 10.5 Å². The summed E-state index contributed by atoms with van der Waals surface area (Å²) in [4.78, 5) is 11.7. The van der Waals surface area contributed by atoms with Gasteiger partial charge in [-0.1, -0.05) is 32.9 Å². The van der Waals surface area contributed by atoms with Gasteiger partial charge in [0.1, 0.15) is 5.75 Å². The third-order valence-corrected chi connectivity index (χ3v) is 2.56. The van der Waals surface area contributed by atoms with Crippen LogP contribution in [0.4, 0.5) is 0 Å². The van der Waals surface area contributed by atoms with E-state index in [1.165, 1.54) is 6.07 Å². The third-order valence-electron chi connectivity index (χ3n) is 2.56. The lowest BCUT2D eigenvalue weighted by Gasteiger charge is -2.17. The normalized spacial score (nSPS) is 12.4. The Bertz CT molecular complexity index is 445. The molecule has 4 heteroatoms. The number of aromatic hydroxyl groups is 1. The van der Waals surface area contributed by atoms with E-state index < -0.39 is 5.91 Å². The second kappa shape index (κ2) is 4.99. The van der Waals surface area contributed by atoms with Crippen LogP contribution in [0.5, 0.6) is 5.75 Å². The summed E-state index contributed by atoms with van der Waals surface area (Å²) in [6.45, 7) is 7.89. The van der Waals surface area contributed by atoms with Gasteiger partial charge in [0.15, 0.2) is 0 Å². The maximum absolute atomic E-state index is 11.7. The van der Waals surface area contributed by atoms with Gasteiger partial charge in [-0.15, -0.1) is 0 Å². The van der Waals surface area contributed by atoms with Crippen LogP contribution in [0.2, 0.25) is 0 Å². The minimum Gasteiger partial charge on any atom is -0.507 e. The van der Waals surface area contributed by atoms with Gasteiger partial charge in [0, 0.05) is 11.1 Å². The molecule has 0 bridgehead atoms. The molecular weight excluding hydrogens is 216 g/mol. The molecule has 4 nitrogen and oxygen atoms in total. The van der Waals surface area contributed by atoms with E-state index in [0.29, 0.717) is 0 Å². The van der Waals surface area contributed by atoms with Gasteiger partial charge in [-0.05, 0) is 19.1 Å². The van der Waals surface area contributed by atoms with Crippen molar-refractivity contribution >= 4 is 11.6 Å². The topological polar surface area (TPSA) is 61.7 Å². The summed E-state index contributed by atoms with van der Waals surface area (Å²) < 4.78 is 0. The molecule has 2 N–H and O–H groups in total. The first-order valence-corrected chi connectivity index (χ1v) is 5.45. The molecule has 0 spiro atoms. The standard InChI is InChI=1S/C13H18N2O2/c1-9(13(2,3)4)14-15-12(17)10-7-5-6-8-11(10)16/h5-8,16H,1-4H3,(H,15,17)/b14-9-. The highest BCUT2D eigenvalue weighted by atomic mass is 16.3. The number of nitrogens with one attached hydrogen (secondary N) is 1. The number of rotatable bonds is 2. The monoisotopic (exact) mass is 234 g/mol. The molecule has 0 saturated heterocycles. The van der Waals surface area contributed by atoms with E-state index in [2.05, 4.69) is 10.5 Å². The number of carbonyl (C=O) groups excluding carboxylic acids is 1. The Morgan fingerprint density at radius 3 is 2.41 bits per heavy atom. The Hall–Kier alpha value is -1.84. The molecule has 0 aliphatic heterocycles. The molecule has 0 saturated carbocycles. The third kappa shape index (κ3) is 3.59. The predicted octanol–water partition coefficient (Wildman–Crippen LogP) is 2.54. The van der Waals surface area contributed by atoms with Crippen molar-refractivity contribution in [1.29, 1.82) is 0 Å². The summed E-state index contributed by atoms with van der Waals surface area (Å²) in [5, 5.41) is 13.5. The number of para-hydroxylation sites is 1. The number of amides is 1. The van der Waals surface area contributed by atoms with Gasteiger partial charge in [0.2, 0.25) is 0 Å². The van der Waals surface area contributed by atoms with E-state index in [4.69, 9.17) is 0 Å². The fourth-order valence-electron chi connectivity index (χ4n) is 1.03. The van der Waals surface area contributed by atoms with Crippen molar-refractivity contribution < 1.29 is 9.90 Å². The van der Waals surface area contributed by atoms with Crippen molar-refractivity contribution in [3.05, 3.63) is 29.8 Å². The summed E-state index contributed by atoms with van der Waals surface area (Å²) in [5.74, 6) is -0.458. The van der Waals surface area contributed by atoms with Crippen molar-refractivity contribution in [3.8, 4) is 5.75 Å². The van der Waals surface area contributed by atoms with Gasteiger partial charge in [-0.3, -0.25) is 4.79 Å². The summed E-state index contributed by atoms with van der Waals surface area (Å²) in [7, 11) is 0. The molecule has 0 heterocycles. The lowest BCUT2D eigenvalue weighted by atomic mass is 9.91. The molecule has 1 aromatic rings. The molecule has 1 amide bonds. The number of hydrazone groups is 1. The van der Waals surface area contributed by atoms with Crippen LogP contribution in [-0.4, -0.2) is 16.7 Å². The van der Waals surface area contributed by atoms with E-state index in [-0.39, 0.29) is 16.7 Å². The Morgan fingerprint density at radius 1 is 1.29 bits per heavy atom. The summed E-state index contributed by atoms with van der Waals surface area (Å²) in [6, 6.07) is 6.37. The molecule has 1 aromatic carbocycles. The fourth-order valence-corrected chi connectivity index (χ4v) is 1.03. The molecule has 0 unspecified atom stereocenters. The van der Waals surface area contributed by atoms with Crippen molar-refractivity contribution in [1.82, 2.24) is 5.43 Å². The van der Waals surface area contributed by atoms with Crippen LogP contribution in [0.15, 0.2) is 29.4 Å². The molecule has 0 aliphatic rings. The fraction of sp³-hybridized carbons (Fsp3) is 0.385. The van der Waals surface area contributed by atoms with E-state index >= 15 is 0 Å². The van der Waals surface area contributed by atoms with Crippen molar-refractivity contribution in [3.63, 3.8) is 0 Å². The molecule has 1 rings (SSSR count). The predicted molar refractivity (Wildman–Crippen MR) is 68.1 cm³/mol. The van der Waals surface area contributed by atoms with Crippen LogP contribution in [-0.2, 0) is 0 Å². The molecule has 0 atom stereocenters. The van der Waals surface area contributed by atoms with Crippen molar-refractivity contribution in [2.45, 2.75) is 27.7 Å². The SMILES string of the molecule is C/C(=N/NC(=O)c1ccccc1O)C(C)(C)C. The first-order chi connectivity index (χ1) is 7.82. The molecule has 0 aromatic heterocycles. The van der Waals surface area contributed by atoms with E-state index in [9.17, 15) is 9.90 Å². The Kier molecular flexibility index (Phi) is 3.89. The molecule has 17 heavy (non-hydrogen) atoms. The number of hydrogen-bond acceptors (Lipinski definition) is 3. The van der Waals surface area contributed by atoms with Gasteiger partial charge in [0.05, 0.1) is 5.56 Å². The maximum atomic E-state index is 11.7. The van der Waals surface area contributed by atoms with Crippen LogP contribution in [0.1, 0.15) is 38.1 Å². The summed E-state index contributed by atoms with van der Waals surface area (Å²) in [5.41, 5.74) is 3.38. The van der Waals surface area contributed by atoms with Crippen LogP contribution < -0.4 is 5.43 Å². The van der Waals surface area contributed by atoms with Crippen LogP contribution in [0.25, 0.3) is 0 Å². The highest BCUT2D eigenvalue weighted by Crippen LogP contribution is 2.16. The lowest BCUT2D eigenvalue weighted by molar-refractivity contribution is 0.0952. The molecule has 0 fully saturated rings. The second-order valence-electron chi connectivity index (χ2n) is 4.91.